The van der Waals surface area contributed by atoms with E-state index in [1.165, 1.54) is 37.7 Å². The fraction of sp³-hybridized carbons (Fsp3) is 0.393. The zero-order chi connectivity index (χ0) is 24.6. The smallest absolute Gasteiger partial charge is 0.227 e. The Hall–Kier alpha value is -3.36. The maximum atomic E-state index is 14.6. The van der Waals surface area contributed by atoms with E-state index in [2.05, 4.69) is 37.3 Å². The topological polar surface area (TPSA) is 72.4 Å². The largest absolute Gasteiger partial charge is 0.477 e. The molecule has 2 aliphatic rings. The van der Waals surface area contributed by atoms with Crippen LogP contribution in [0.5, 0.6) is 5.88 Å². The van der Waals surface area contributed by atoms with E-state index in [9.17, 15) is 4.39 Å². The van der Waals surface area contributed by atoms with E-state index < -0.39 is 5.82 Å². The van der Waals surface area contributed by atoms with Crippen molar-refractivity contribution in [1.29, 1.82) is 0 Å². The van der Waals surface area contributed by atoms with Crippen molar-refractivity contribution < 1.29 is 13.9 Å². The highest BCUT2D eigenvalue weighted by molar-refractivity contribution is 5.63. The summed E-state index contributed by atoms with van der Waals surface area (Å²) in [7, 11) is 0. The molecule has 3 aromatic rings. The van der Waals surface area contributed by atoms with E-state index >= 15 is 0 Å². The van der Waals surface area contributed by atoms with Crippen LogP contribution in [0.1, 0.15) is 36.8 Å². The second-order valence-corrected chi connectivity index (χ2v) is 9.16. The van der Waals surface area contributed by atoms with Crippen LogP contribution in [0.25, 0.3) is 11.3 Å². The van der Waals surface area contributed by atoms with Crippen molar-refractivity contribution in [2.24, 2.45) is 0 Å². The Balaban J connectivity index is 1.39. The third kappa shape index (κ3) is 6.44. The van der Waals surface area contributed by atoms with E-state index in [1.54, 1.807) is 18.3 Å². The number of pyridine rings is 1. The van der Waals surface area contributed by atoms with Gasteiger partial charge in [-0.1, -0.05) is 18.2 Å². The maximum absolute atomic E-state index is 14.6. The first-order valence-electron chi connectivity index (χ1n) is 12.7. The molecule has 7 nitrogen and oxygen atoms in total. The maximum Gasteiger partial charge on any atom is 0.227 e. The van der Waals surface area contributed by atoms with Crippen LogP contribution in [0.15, 0.2) is 54.9 Å². The number of halogens is 1. The van der Waals surface area contributed by atoms with Crippen molar-refractivity contribution in [3.63, 3.8) is 0 Å². The van der Waals surface area contributed by atoms with Crippen molar-refractivity contribution >= 4 is 11.6 Å². The highest BCUT2D eigenvalue weighted by Crippen LogP contribution is 2.26. The lowest BCUT2D eigenvalue weighted by atomic mass is 10.0. The molecule has 8 heteroatoms. The van der Waals surface area contributed by atoms with E-state index in [0.717, 1.165) is 37.1 Å². The van der Waals surface area contributed by atoms with Crippen LogP contribution in [0, 0.1) is 5.82 Å². The Morgan fingerprint density at radius 3 is 2.89 bits per heavy atom. The number of hydrogen-bond donors (Lipinski definition) is 1. The van der Waals surface area contributed by atoms with Crippen molar-refractivity contribution in [1.82, 2.24) is 19.9 Å². The minimum Gasteiger partial charge on any atom is -0.477 e. The molecule has 1 aromatic carbocycles. The van der Waals surface area contributed by atoms with Gasteiger partial charge in [-0.15, -0.1) is 0 Å². The Labute approximate surface area is 211 Å². The molecule has 188 valence electrons. The van der Waals surface area contributed by atoms with Gasteiger partial charge in [-0.3, -0.25) is 0 Å². The highest BCUT2D eigenvalue weighted by Gasteiger charge is 2.14. The first-order chi connectivity index (χ1) is 17.7. The van der Waals surface area contributed by atoms with E-state index in [4.69, 9.17) is 9.47 Å². The molecule has 4 heterocycles. The van der Waals surface area contributed by atoms with Crippen molar-refractivity contribution in [3.05, 3.63) is 71.8 Å². The molecule has 5 rings (SSSR count). The molecule has 1 N–H and O–H groups in total. The summed E-state index contributed by atoms with van der Waals surface area (Å²) in [6, 6.07) is 9.67. The van der Waals surface area contributed by atoms with E-state index in [0.29, 0.717) is 37.2 Å². The van der Waals surface area contributed by atoms with Gasteiger partial charge in [0.25, 0.3) is 0 Å². The minimum absolute atomic E-state index is 0.197. The highest BCUT2D eigenvalue weighted by atomic mass is 19.1. The van der Waals surface area contributed by atoms with Crippen LogP contribution in [0.3, 0.4) is 0 Å². The van der Waals surface area contributed by atoms with Gasteiger partial charge < -0.3 is 19.7 Å². The van der Waals surface area contributed by atoms with E-state index in [1.807, 2.05) is 18.2 Å². The zero-order valence-corrected chi connectivity index (χ0v) is 20.5. The van der Waals surface area contributed by atoms with Gasteiger partial charge in [-0.25, -0.2) is 19.3 Å². The fourth-order valence-electron chi connectivity index (χ4n) is 4.63. The first kappa shape index (κ1) is 24.3. The van der Waals surface area contributed by atoms with Crippen molar-refractivity contribution in [2.45, 2.75) is 38.7 Å². The summed E-state index contributed by atoms with van der Waals surface area (Å²) in [4.78, 5) is 15.4. The molecule has 1 fully saturated rings. The number of fused-ring (bicyclic) bond motifs is 7. The number of benzene rings is 1. The molecule has 36 heavy (non-hydrogen) atoms. The molecular weight excluding hydrogens is 457 g/mol. The standard InChI is InChI=1S/C28H32FN5O2/c29-25-19-31-28-32-24-9-8-21(7-6-14-34-12-2-3-13-34)23(17-24)20-35-15-4-1-5-16-36-26-18-22(10-11-30-26)27(25)33-28/h1,4,8-11,17-19H,2-3,5-7,12-16,20H2,(H,31,32,33)/b4-1+. The Morgan fingerprint density at radius 1 is 1.06 bits per heavy atom. The van der Waals surface area contributed by atoms with Gasteiger partial charge in [0.2, 0.25) is 11.8 Å². The molecule has 0 amide bonds. The molecule has 2 aliphatic heterocycles. The summed E-state index contributed by atoms with van der Waals surface area (Å²) in [6.45, 7) is 5.08. The molecule has 0 spiro atoms. The number of ether oxygens (including phenoxy) is 2. The van der Waals surface area contributed by atoms with Crippen molar-refractivity contribution in [3.8, 4) is 17.1 Å². The summed E-state index contributed by atoms with van der Waals surface area (Å²) in [5.41, 5.74) is 4.05. The monoisotopic (exact) mass is 489 g/mol. The number of rotatable bonds is 4. The number of nitrogens with zero attached hydrogens (tertiary/aromatic N) is 4. The van der Waals surface area contributed by atoms with Gasteiger partial charge in [0, 0.05) is 23.5 Å². The van der Waals surface area contributed by atoms with E-state index in [-0.39, 0.29) is 5.69 Å². The normalized spacial score (nSPS) is 17.5. The van der Waals surface area contributed by atoms with Crippen LogP contribution in [0.2, 0.25) is 0 Å². The number of nitrogens with one attached hydrogen (secondary N) is 1. The van der Waals surface area contributed by atoms with Gasteiger partial charge in [0.15, 0.2) is 5.82 Å². The summed E-state index contributed by atoms with van der Waals surface area (Å²) >= 11 is 0. The van der Waals surface area contributed by atoms with Crippen LogP contribution in [-0.2, 0) is 17.8 Å². The average molecular weight is 490 g/mol. The lowest BCUT2D eigenvalue weighted by molar-refractivity contribution is 0.148. The zero-order valence-electron chi connectivity index (χ0n) is 20.5. The fourth-order valence-corrected chi connectivity index (χ4v) is 4.63. The molecule has 0 aliphatic carbocycles. The number of likely N-dealkylation sites (tertiary alicyclic amines) is 1. The first-order valence-corrected chi connectivity index (χ1v) is 12.7. The second-order valence-electron chi connectivity index (χ2n) is 9.16. The van der Waals surface area contributed by atoms with Crippen LogP contribution in [-0.4, -0.2) is 52.7 Å². The SMILES string of the molecule is Fc1cnc2nc1-c1ccnc(c1)OCC/C=C/COCc1cc(ccc1CCCN1CCCC1)N2. The Kier molecular flexibility index (Phi) is 8.15. The molecule has 0 saturated carbocycles. The van der Waals surface area contributed by atoms with Gasteiger partial charge in [-0.05, 0) is 81.1 Å². The average Bonchev–Trinajstić information content (AvgIpc) is 3.41. The predicted molar refractivity (Wildman–Crippen MR) is 138 cm³/mol. The molecule has 1 saturated heterocycles. The number of hydrogen-bond acceptors (Lipinski definition) is 7. The predicted octanol–water partition coefficient (Wildman–Crippen LogP) is 5.31. The van der Waals surface area contributed by atoms with Gasteiger partial charge in [0.1, 0.15) is 5.69 Å². The number of anilines is 2. The minimum atomic E-state index is -0.502. The Morgan fingerprint density at radius 2 is 1.97 bits per heavy atom. The van der Waals surface area contributed by atoms with Gasteiger partial charge in [-0.2, -0.15) is 0 Å². The lowest BCUT2D eigenvalue weighted by Crippen LogP contribution is -2.20. The van der Waals surface area contributed by atoms with Gasteiger partial charge in [0.05, 0.1) is 26.0 Å². The van der Waals surface area contributed by atoms with Crippen LogP contribution >= 0.6 is 0 Å². The second kappa shape index (κ2) is 12.1. The summed E-state index contributed by atoms with van der Waals surface area (Å²) in [6.07, 6.45) is 12.3. The quantitative estimate of drug-likeness (QED) is 0.498. The number of aryl methyl sites for hydroxylation is 1. The third-order valence-corrected chi connectivity index (χ3v) is 6.51. The van der Waals surface area contributed by atoms with Gasteiger partial charge >= 0.3 is 0 Å². The molecular formula is C28H32FN5O2. The number of aromatic nitrogens is 3. The lowest BCUT2D eigenvalue weighted by Gasteiger charge is -2.16. The molecule has 0 radical (unpaired) electrons. The summed E-state index contributed by atoms with van der Waals surface area (Å²) < 4.78 is 26.4. The third-order valence-electron chi connectivity index (χ3n) is 6.51. The molecule has 0 atom stereocenters. The van der Waals surface area contributed by atoms with Crippen LogP contribution in [0.4, 0.5) is 16.0 Å². The van der Waals surface area contributed by atoms with Crippen LogP contribution < -0.4 is 10.1 Å². The summed E-state index contributed by atoms with van der Waals surface area (Å²) in [5.74, 6) is 0.247. The Bertz CT molecular complexity index is 1200. The van der Waals surface area contributed by atoms with Crippen molar-refractivity contribution in [2.75, 3.05) is 38.2 Å². The molecule has 2 aromatic heterocycles. The summed E-state index contributed by atoms with van der Waals surface area (Å²) in [5, 5.41) is 3.24. The molecule has 0 unspecified atom stereocenters. The molecule has 6 bridgehead atoms.